The Balaban J connectivity index is 2.19. The van der Waals surface area contributed by atoms with Gasteiger partial charge in [0.2, 0.25) is 0 Å². The van der Waals surface area contributed by atoms with Gasteiger partial charge in [0.15, 0.2) is 4.80 Å². The van der Waals surface area contributed by atoms with Gasteiger partial charge < -0.3 is 4.57 Å². The topological polar surface area (TPSA) is 77.5 Å². The number of benzene rings is 2. The molecule has 0 saturated carbocycles. The molecule has 1 amide bonds. The molecular formula is C16H11F2N3O3S. The first-order valence-electron chi connectivity index (χ1n) is 7.23. The van der Waals surface area contributed by atoms with E-state index < -0.39 is 28.0 Å². The summed E-state index contributed by atoms with van der Waals surface area (Å²) in [7, 11) is 0. The van der Waals surface area contributed by atoms with Crippen LogP contribution >= 0.6 is 11.3 Å². The Morgan fingerprint density at radius 3 is 2.56 bits per heavy atom. The summed E-state index contributed by atoms with van der Waals surface area (Å²) in [4.78, 5) is 26.7. The van der Waals surface area contributed by atoms with Crippen molar-refractivity contribution in [2.24, 2.45) is 4.99 Å². The van der Waals surface area contributed by atoms with Crippen molar-refractivity contribution < 1.29 is 18.5 Å². The second kappa shape index (κ2) is 6.52. The number of rotatable bonds is 3. The van der Waals surface area contributed by atoms with Crippen molar-refractivity contribution in [3.63, 3.8) is 0 Å². The van der Waals surface area contributed by atoms with E-state index in [2.05, 4.69) is 4.99 Å². The number of nitro groups is 1. The van der Waals surface area contributed by atoms with Crippen LogP contribution < -0.4 is 4.80 Å². The van der Waals surface area contributed by atoms with E-state index in [-0.39, 0.29) is 10.5 Å². The number of thiazole rings is 1. The number of aryl methyl sites for hydroxylation is 1. The van der Waals surface area contributed by atoms with Crippen molar-refractivity contribution in [1.82, 2.24) is 4.57 Å². The van der Waals surface area contributed by atoms with E-state index in [9.17, 15) is 23.7 Å². The Hall–Kier alpha value is -2.94. The molecule has 0 aliphatic rings. The molecule has 128 valence electrons. The molecule has 0 spiro atoms. The van der Waals surface area contributed by atoms with Crippen LogP contribution in [0.1, 0.15) is 17.3 Å². The molecule has 0 aliphatic carbocycles. The van der Waals surface area contributed by atoms with E-state index in [1.165, 1.54) is 12.1 Å². The number of fused-ring (bicyclic) bond motifs is 1. The molecule has 2 aromatic carbocycles. The largest absolute Gasteiger partial charge is 0.316 e. The SMILES string of the molecule is CCn1c(=NC(=O)c2c(F)cccc2F)sc2ccc([N+](=O)[O-])cc21. The molecule has 1 aromatic heterocycles. The maximum atomic E-state index is 13.7. The quantitative estimate of drug-likeness (QED) is 0.526. The van der Waals surface area contributed by atoms with Crippen LogP contribution in [0, 0.1) is 21.7 Å². The Kier molecular flexibility index (Phi) is 4.41. The average Bonchev–Trinajstić information content (AvgIpc) is 2.90. The number of hydrogen-bond acceptors (Lipinski definition) is 4. The number of nitro benzene ring substituents is 1. The van der Waals surface area contributed by atoms with E-state index in [0.717, 1.165) is 29.5 Å². The minimum Gasteiger partial charge on any atom is -0.316 e. The van der Waals surface area contributed by atoms with Gasteiger partial charge in [0.25, 0.3) is 11.6 Å². The maximum Gasteiger partial charge on any atom is 0.285 e. The summed E-state index contributed by atoms with van der Waals surface area (Å²) in [5.74, 6) is -3.03. The summed E-state index contributed by atoms with van der Waals surface area (Å²) < 4.78 is 29.7. The van der Waals surface area contributed by atoms with Crippen LogP contribution in [0.2, 0.25) is 0 Å². The number of carbonyl (C=O) groups is 1. The first kappa shape index (κ1) is 16.9. The summed E-state index contributed by atoms with van der Waals surface area (Å²) in [6.45, 7) is 2.16. The summed E-state index contributed by atoms with van der Waals surface area (Å²) in [5.41, 5.74) is -0.290. The first-order valence-corrected chi connectivity index (χ1v) is 8.05. The highest BCUT2D eigenvalue weighted by Gasteiger charge is 2.18. The molecule has 0 saturated heterocycles. The zero-order valence-corrected chi connectivity index (χ0v) is 13.7. The van der Waals surface area contributed by atoms with E-state index in [4.69, 9.17) is 0 Å². The van der Waals surface area contributed by atoms with Crippen LogP contribution in [0.3, 0.4) is 0 Å². The molecule has 1 heterocycles. The predicted molar refractivity (Wildman–Crippen MR) is 88.4 cm³/mol. The molecule has 0 aliphatic heterocycles. The molecular weight excluding hydrogens is 352 g/mol. The van der Waals surface area contributed by atoms with Crippen molar-refractivity contribution in [2.45, 2.75) is 13.5 Å². The normalized spacial score (nSPS) is 11.9. The monoisotopic (exact) mass is 363 g/mol. The van der Waals surface area contributed by atoms with Crippen molar-refractivity contribution in [1.29, 1.82) is 0 Å². The lowest BCUT2D eigenvalue weighted by molar-refractivity contribution is -0.384. The van der Waals surface area contributed by atoms with Gasteiger partial charge in [-0.15, -0.1) is 0 Å². The van der Waals surface area contributed by atoms with Crippen molar-refractivity contribution >= 4 is 33.1 Å². The fourth-order valence-electron chi connectivity index (χ4n) is 2.41. The van der Waals surface area contributed by atoms with Crippen molar-refractivity contribution in [3.8, 4) is 0 Å². The smallest absolute Gasteiger partial charge is 0.285 e. The van der Waals surface area contributed by atoms with E-state index in [1.807, 2.05) is 0 Å². The fraction of sp³-hybridized carbons (Fsp3) is 0.125. The molecule has 3 aromatic rings. The summed E-state index contributed by atoms with van der Waals surface area (Å²) in [6, 6.07) is 7.40. The van der Waals surface area contributed by atoms with Crippen LogP contribution in [0.15, 0.2) is 41.4 Å². The average molecular weight is 363 g/mol. The molecule has 9 heteroatoms. The third-order valence-electron chi connectivity index (χ3n) is 3.57. The highest BCUT2D eigenvalue weighted by atomic mass is 32.1. The number of nitrogens with zero attached hydrogens (tertiary/aromatic N) is 3. The number of hydrogen-bond donors (Lipinski definition) is 0. The van der Waals surface area contributed by atoms with Crippen molar-refractivity contribution in [3.05, 3.63) is 68.5 Å². The minimum absolute atomic E-state index is 0.0921. The second-order valence-electron chi connectivity index (χ2n) is 5.05. The molecule has 3 rings (SSSR count). The number of carbonyl (C=O) groups excluding carboxylic acids is 1. The standard InChI is InChI=1S/C16H11F2N3O3S/c1-2-20-12-8-9(21(23)24)6-7-13(12)25-16(20)19-15(22)14-10(17)4-3-5-11(14)18/h3-8H,2H2,1H3. The van der Waals surface area contributed by atoms with Crippen LogP contribution in [-0.2, 0) is 6.54 Å². The Labute approximate surface area is 143 Å². The highest BCUT2D eigenvalue weighted by Crippen LogP contribution is 2.23. The maximum absolute atomic E-state index is 13.7. The third kappa shape index (κ3) is 3.05. The number of aromatic nitrogens is 1. The molecule has 0 fully saturated rings. The lowest BCUT2D eigenvalue weighted by atomic mass is 10.2. The lowest BCUT2D eigenvalue weighted by Gasteiger charge is -2.01. The Bertz CT molecular complexity index is 1050. The second-order valence-corrected chi connectivity index (χ2v) is 6.06. The van der Waals surface area contributed by atoms with Crippen LogP contribution in [0.4, 0.5) is 14.5 Å². The van der Waals surface area contributed by atoms with Gasteiger partial charge in [0, 0.05) is 18.7 Å². The zero-order valence-electron chi connectivity index (χ0n) is 12.9. The molecule has 0 N–H and O–H groups in total. The van der Waals surface area contributed by atoms with E-state index >= 15 is 0 Å². The molecule has 0 bridgehead atoms. The van der Waals surface area contributed by atoms with Gasteiger partial charge in [0.1, 0.15) is 17.2 Å². The molecule has 6 nitrogen and oxygen atoms in total. The van der Waals surface area contributed by atoms with E-state index in [0.29, 0.717) is 16.8 Å². The summed E-state index contributed by atoms with van der Waals surface area (Å²) in [6.07, 6.45) is 0. The van der Waals surface area contributed by atoms with Crippen LogP contribution in [0.25, 0.3) is 10.2 Å². The van der Waals surface area contributed by atoms with Gasteiger partial charge in [-0.2, -0.15) is 4.99 Å². The minimum atomic E-state index is -1.04. The molecule has 25 heavy (non-hydrogen) atoms. The van der Waals surface area contributed by atoms with Gasteiger partial charge in [-0.3, -0.25) is 14.9 Å². The zero-order chi connectivity index (χ0) is 18.1. The van der Waals surface area contributed by atoms with Gasteiger partial charge in [-0.25, -0.2) is 8.78 Å². The van der Waals surface area contributed by atoms with Gasteiger partial charge >= 0.3 is 0 Å². The molecule has 0 unspecified atom stereocenters. The number of halogens is 2. The predicted octanol–water partition coefficient (Wildman–Crippen LogP) is 3.65. The van der Waals surface area contributed by atoms with Crippen LogP contribution in [0.5, 0.6) is 0 Å². The third-order valence-corrected chi connectivity index (χ3v) is 4.63. The lowest BCUT2D eigenvalue weighted by Crippen LogP contribution is -2.17. The number of amides is 1. The highest BCUT2D eigenvalue weighted by molar-refractivity contribution is 7.16. The number of non-ortho nitro benzene ring substituents is 1. The summed E-state index contributed by atoms with van der Waals surface area (Å²) >= 11 is 1.11. The summed E-state index contributed by atoms with van der Waals surface area (Å²) in [5, 5.41) is 10.9. The molecule has 0 radical (unpaired) electrons. The molecule has 0 atom stereocenters. The van der Waals surface area contributed by atoms with Gasteiger partial charge in [-0.1, -0.05) is 17.4 Å². The van der Waals surface area contributed by atoms with Gasteiger partial charge in [0.05, 0.1) is 15.1 Å². The van der Waals surface area contributed by atoms with Crippen molar-refractivity contribution in [2.75, 3.05) is 0 Å². The van der Waals surface area contributed by atoms with Gasteiger partial charge in [-0.05, 0) is 25.1 Å². The first-order chi connectivity index (χ1) is 11.9. The van der Waals surface area contributed by atoms with E-state index in [1.54, 1.807) is 17.6 Å². The van der Waals surface area contributed by atoms with Crippen LogP contribution in [-0.4, -0.2) is 15.4 Å². The Morgan fingerprint density at radius 1 is 1.28 bits per heavy atom. The fourth-order valence-corrected chi connectivity index (χ4v) is 3.48. The Morgan fingerprint density at radius 2 is 1.96 bits per heavy atom.